The van der Waals surface area contributed by atoms with Crippen molar-refractivity contribution in [2.75, 3.05) is 19.6 Å². The Bertz CT molecular complexity index is 349. The second-order valence-corrected chi connectivity index (χ2v) is 5.98. The summed E-state index contributed by atoms with van der Waals surface area (Å²) in [6, 6.07) is 0.160. The molecule has 1 unspecified atom stereocenters. The van der Waals surface area contributed by atoms with Crippen LogP contribution in [0.5, 0.6) is 0 Å². The van der Waals surface area contributed by atoms with Crippen LogP contribution in [0.15, 0.2) is 12.2 Å². The van der Waals surface area contributed by atoms with Crippen molar-refractivity contribution in [1.82, 2.24) is 10.2 Å². The van der Waals surface area contributed by atoms with Gasteiger partial charge < -0.3 is 20.1 Å². The van der Waals surface area contributed by atoms with Crippen LogP contribution in [0.1, 0.15) is 20.8 Å². The summed E-state index contributed by atoms with van der Waals surface area (Å²) in [5.74, 6) is 0.0521. The third-order valence-electron chi connectivity index (χ3n) is 3.26. The highest BCUT2D eigenvalue weighted by molar-refractivity contribution is 5.68. The fraction of sp³-hybridized carbons (Fsp3) is 0.769. The van der Waals surface area contributed by atoms with Crippen molar-refractivity contribution in [3.05, 3.63) is 12.2 Å². The molecule has 1 fully saturated rings. The molecule has 0 aliphatic carbocycles. The van der Waals surface area contributed by atoms with Gasteiger partial charge in [0.1, 0.15) is 5.60 Å². The summed E-state index contributed by atoms with van der Waals surface area (Å²) in [5, 5.41) is 13.3. The quantitative estimate of drug-likeness (QED) is 0.678. The molecule has 0 aromatic heterocycles. The molecule has 1 amide bonds. The number of nitrogens with one attached hydrogen (secondary N) is 1. The molecule has 18 heavy (non-hydrogen) atoms. The summed E-state index contributed by atoms with van der Waals surface area (Å²) < 4.78 is 5.32. The first kappa shape index (κ1) is 13.4. The molecule has 0 aromatic carbocycles. The van der Waals surface area contributed by atoms with Crippen LogP contribution in [0, 0.1) is 5.92 Å². The molecule has 0 spiro atoms. The largest absolute Gasteiger partial charge is 0.444 e. The normalized spacial score (nSPS) is 32.0. The molecule has 2 rings (SSSR count). The lowest BCUT2D eigenvalue weighted by molar-refractivity contribution is 0.0269. The minimum Gasteiger partial charge on any atom is -0.444 e. The van der Waals surface area contributed by atoms with E-state index in [-0.39, 0.29) is 18.1 Å². The fourth-order valence-electron chi connectivity index (χ4n) is 2.42. The summed E-state index contributed by atoms with van der Waals surface area (Å²) in [7, 11) is 0. The number of hydrogen-bond donors (Lipinski definition) is 2. The number of ether oxygens (including phenoxy) is 1. The molecule has 2 N–H and O–H groups in total. The predicted molar refractivity (Wildman–Crippen MR) is 68.2 cm³/mol. The van der Waals surface area contributed by atoms with Crippen LogP contribution in [-0.4, -0.2) is 53.5 Å². The Morgan fingerprint density at radius 3 is 2.72 bits per heavy atom. The van der Waals surface area contributed by atoms with Gasteiger partial charge in [0.25, 0.3) is 0 Å². The Balaban J connectivity index is 1.93. The van der Waals surface area contributed by atoms with Gasteiger partial charge in [-0.3, -0.25) is 0 Å². The fourth-order valence-corrected chi connectivity index (χ4v) is 2.42. The van der Waals surface area contributed by atoms with Crippen molar-refractivity contribution in [3.63, 3.8) is 0 Å². The lowest BCUT2D eigenvalue weighted by Crippen LogP contribution is -2.38. The van der Waals surface area contributed by atoms with Gasteiger partial charge in [0.2, 0.25) is 0 Å². The Hall–Kier alpha value is -1.07. The molecule has 2 aliphatic heterocycles. The summed E-state index contributed by atoms with van der Waals surface area (Å²) in [5.41, 5.74) is -0.494. The van der Waals surface area contributed by atoms with Crippen LogP contribution in [0.3, 0.4) is 0 Å². The molecule has 3 atom stereocenters. The maximum atomic E-state index is 11.9. The number of amides is 1. The van der Waals surface area contributed by atoms with E-state index in [1.165, 1.54) is 0 Å². The Labute approximate surface area is 108 Å². The lowest BCUT2D eigenvalue weighted by atomic mass is 9.97. The number of carbonyl (C=O) groups is 1. The molecule has 0 bridgehead atoms. The van der Waals surface area contributed by atoms with Crippen molar-refractivity contribution in [1.29, 1.82) is 0 Å². The second-order valence-electron chi connectivity index (χ2n) is 5.98. The second kappa shape index (κ2) is 4.90. The van der Waals surface area contributed by atoms with Crippen LogP contribution < -0.4 is 5.32 Å². The lowest BCUT2D eigenvalue weighted by Gasteiger charge is -2.24. The van der Waals surface area contributed by atoms with E-state index >= 15 is 0 Å². The summed E-state index contributed by atoms with van der Waals surface area (Å²) in [6.07, 6.45) is 3.28. The number of aliphatic hydroxyl groups excluding tert-OH is 1. The van der Waals surface area contributed by atoms with E-state index in [4.69, 9.17) is 4.74 Å². The number of rotatable bonds is 1. The molecule has 0 radical (unpaired) electrons. The summed E-state index contributed by atoms with van der Waals surface area (Å²) in [4.78, 5) is 13.5. The van der Waals surface area contributed by atoms with Crippen molar-refractivity contribution in [2.24, 2.45) is 5.92 Å². The topological polar surface area (TPSA) is 61.8 Å². The monoisotopic (exact) mass is 254 g/mol. The van der Waals surface area contributed by atoms with Gasteiger partial charge in [-0.15, -0.1) is 0 Å². The van der Waals surface area contributed by atoms with E-state index in [9.17, 15) is 9.90 Å². The van der Waals surface area contributed by atoms with E-state index in [1.807, 2.05) is 26.8 Å². The predicted octanol–water partition coefficient (Wildman–Crippen LogP) is 0.742. The molecular formula is C13H22N2O3. The molecule has 5 heteroatoms. The molecular weight excluding hydrogens is 232 g/mol. The first-order valence-corrected chi connectivity index (χ1v) is 6.43. The average Bonchev–Trinajstić information content (AvgIpc) is 2.82. The zero-order valence-electron chi connectivity index (χ0n) is 11.2. The molecule has 1 saturated heterocycles. The van der Waals surface area contributed by atoms with E-state index < -0.39 is 11.7 Å². The van der Waals surface area contributed by atoms with Gasteiger partial charge in [0, 0.05) is 25.0 Å². The van der Waals surface area contributed by atoms with Gasteiger partial charge in [0.15, 0.2) is 0 Å². The maximum Gasteiger partial charge on any atom is 0.410 e. The molecule has 102 valence electrons. The van der Waals surface area contributed by atoms with Gasteiger partial charge in [0.05, 0.1) is 12.6 Å². The average molecular weight is 254 g/mol. The first-order chi connectivity index (χ1) is 8.37. The van der Waals surface area contributed by atoms with Gasteiger partial charge >= 0.3 is 6.09 Å². The van der Waals surface area contributed by atoms with Crippen LogP contribution >= 0.6 is 0 Å². The number of hydrogen-bond acceptors (Lipinski definition) is 4. The SMILES string of the molecule is CC(C)(C)OC(=O)N1C[C@@H](O)[C@H](C2C=CCN2)C1. The molecule has 2 aliphatic rings. The Morgan fingerprint density at radius 2 is 2.17 bits per heavy atom. The minimum absolute atomic E-state index is 0.0521. The van der Waals surface area contributed by atoms with Crippen molar-refractivity contribution >= 4 is 6.09 Å². The van der Waals surface area contributed by atoms with Crippen molar-refractivity contribution in [2.45, 2.75) is 38.5 Å². The van der Waals surface area contributed by atoms with E-state index in [1.54, 1.807) is 4.90 Å². The number of β-amino-alcohol motifs (C(OH)–C–C–N with tert-alkyl or cyclic N) is 1. The van der Waals surface area contributed by atoms with Crippen molar-refractivity contribution in [3.8, 4) is 0 Å². The standard InChI is InChI=1S/C13H22N2O3/c1-13(2,3)18-12(17)15-7-9(11(16)8-15)10-5-4-6-14-10/h4-5,9-11,14,16H,6-8H2,1-3H3/t9-,10?,11+/m0/s1. The van der Waals surface area contributed by atoms with E-state index in [0.29, 0.717) is 13.1 Å². The third kappa shape index (κ3) is 3.03. The van der Waals surface area contributed by atoms with Gasteiger partial charge in [-0.1, -0.05) is 12.2 Å². The zero-order valence-corrected chi connectivity index (χ0v) is 11.2. The molecule has 5 nitrogen and oxygen atoms in total. The molecule has 0 saturated carbocycles. The Kier molecular flexibility index (Phi) is 3.64. The molecule has 2 heterocycles. The van der Waals surface area contributed by atoms with Gasteiger partial charge in [-0.2, -0.15) is 0 Å². The van der Waals surface area contributed by atoms with Crippen molar-refractivity contribution < 1.29 is 14.6 Å². The first-order valence-electron chi connectivity index (χ1n) is 6.43. The van der Waals surface area contributed by atoms with Crippen LogP contribution in [0.25, 0.3) is 0 Å². The zero-order chi connectivity index (χ0) is 13.3. The number of aliphatic hydroxyl groups is 1. The summed E-state index contributed by atoms with van der Waals surface area (Å²) >= 11 is 0. The van der Waals surface area contributed by atoms with Gasteiger partial charge in [-0.25, -0.2) is 4.79 Å². The van der Waals surface area contributed by atoms with Gasteiger partial charge in [-0.05, 0) is 20.8 Å². The highest BCUT2D eigenvalue weighted by Gasteiger charge is 2.39. The summed E-state index contributed by atoms with van der Waals surface area (Å²) in [6.45, 7) is 7.26. The number of nitrogens with zero attached hydrogens (tertiary/aromatic N) is 1. The van der Waals surface area contributed by atoms with Crippen LogP contribution in [-0.2, 0) is 4.74 Å². The number of likely N-dealkylation sites (tertiary alicyclic amines) is 1. The maximum absolute atomic E-state index is 11.9. The third-order valence-corrected chi connectivity index (χ3v) is 3.26. The van der Waals surface area contributed by atoms with E-state index in [2.05, 4.69) is 11.4 Å². The minimum atomic E-state index is -0.494. The van der Waals surface area contributed by atoms with Crippen LogP contribution in [0.4, 0.5) is 4.79 Å². The highest BCUT2D eigenvalue weighted by atomic mass is 16.6. The Morgan fingerprint density at radius 1 is 1.44 bits per heavy atom. The van der Waals surface area contributed by atoms with Crippen LogP contribution in [0.2, 0.25) is 0 Å². The molecule has 0 aromatic rings. The van der Waals surface area contributed by atoms with E-state index in [0.717, 1.165) is 6.54 Å². The number of carbonyl (C=O) groups excluding carboxylic acids is 1. The smallest absolute Gasteiger partial charge is 0.410 e. The highest BCUT2D eigenvalue weighted by Crippen LogP contribution is 2.24.